The van der Waals surface area contributed by atoms with E-state index in [1.54, 1.807) is 7.11 Å². The Balaban J connectivity index is 1.27. The molecule has 0 aliphatic carbocycles. The zero-order valence-electron chi connectivity index (χ0n) is 20.8. The number of amides is 1. The Bertz CT molecular complexity index is 1220. The van der Waals surface area contributed by atoms with Crippen LogP contribution in [0.15, 0.2) is 30.5 Å². The molecule has 1 amide bonds. The molecular weight excluding hydrogens is 482 g/mol. The van der Waals surface area contributed by atoms with Crippen LogP contribution in [0, 0.1) is 5.92 Å². The summed E-state index contributed by atoms with van der Waals surface area (Å²) in [6, 6.07) is 7.92. The van der Waals surface area contributed by atoms with Gasteiger partial charge in [-0.15, -0.1) is 0 Å². The van der Waals surface area contributed by atoms with Crippen LogP contribution in [0.25, 0.3) is 0 Å². The number of hydrogen-bond donors (Lipinski definition) is 0. The summed E-state index contributed by atoms with van der Waals surface area (Å²) in [5.74, 6) is 2.22. The summed E-state index contributed by atoms with van der Waals surface area (Å²) in [5, 5.41) is 0. The summed E-state index contributed by atoms with van der Waals surface area (Å²) in [4.78, 5) is 21.4. The number of benzene rings is 1. The van der Waals surface area contributed by atoms with Gasteiger partial charge < -0.3 is 24.0 Å². The Morgan fingerprint density at radius 1 is 1.17 bits per heavy atom. The maximum Gasteiger partial charge on any atom is 0.225 e. The van der Waals surface area contributed by atoms with Gasteiger partial charge in [0.25, 0.3) is 0 Å². The molecule has 194 valence electrons. The molecule has 3 aliphatic rings. The van der Waals surface area contributed by atoms with Crippen molar-refractivity contribution in [2.75, 3.05) is 49.8 Å². The Morgan fingerprint density at radius 2 is 1.97 bits per heavy atom. The van der Waals surface area contributed by atoms with E-state index in [-0.39, 0.29) is 29.4 Å². The molecule has 1 atom stereocenters. The highest BCUT2D eigenvalue weighted by atomic mass is 32.2. The lowest BCUT2D eigenvalue weighted by Gasteiger charge is -2.32. The van der Waals surface area contributed by atoms with Crippen molar-refractivity contribution < 1.29 is 27.4 Å². The Morgan fingerprint density at radius 3 is 2.72 bits per heavy atom. The zero-order chi connectivity index (χ0) is 25.3. The predicted octanol–water partition coefficient (Wildman–Crippen LogP) is 2.99. The first-order valence-corrected chi connectivity index (χ1v) is 14.4. The Hall–Kier alpha value is -3.01. The van der Waals surface area contributed by atoms with Crippen molar-refractivity contribution in [2.24, 2.45) is 5.92 Å². The molecule has 36 heavy (non-hydrogen) atoms. The van der Waals surface area contributed by atoms with Gasteiger partial charge in [0.05, 0.1) is 49.3 Å². The quantitative estimate of drug-likeness (QED) is 0.579. The normalized spacial score (nSPS) is 21.6. The first kappa shape index (κ1) is 24.7. The monoisotopic (exact) mass is 515 g/mol. The van der Waals surface area contributed by atoms with Crippen LogP contribution in [-0.2, 0) is 21.1 Å². The summed E-state index contributed by atoms with van der Waals surface area (Å²) >= 11 is 0. The lowest BCUT2D eigenvalue weighted by atomic mass is 10.0. The molecular formula is C26H33N3O6S. The second-order valence-corrected chi connectivity index (χ2v) is 11.9. The minimum atomic E-state index is -2.98. The summed E-state index contributed by atoms with van der Waals surface area (Å²) in [6.45, 7) is 4.49. The van der Waals surface area contributed by atoms with E-state index in [9.17, 15) is 13.2 Å². The smallest absolute Gasteiger partial charge is 0.225 e. The van der Waals surface area contributed by atoms with Gasteiger partial charge in [0.1, 0.15) is 34.0 Å². The molecule has 3 aliphatic heterocycles. The number of nitrogens with zero attached hydrogens (tertiary/aromatic N) is 3. The van der Waals surface area contributed by atoms with Crippen LogP contribution in [-0.4, -0.2) is 75.2 Å². The fourth-order valence-electron chi connectivity index (χ4n) is 5.22. The first-order valence-electron chi connectivity index (χ1n) is 12.6. The third kappa shape index (κ3) is 5.09. The number of aryl methyl sites for hydroxylation is 1. The van der Waals surface area contributed by atoms with Gasteiger partial charge in [0, 0.05) is 30.5 Å². The molecule has 2 fully saturated rings. The van der Waals surface area contributed by atoms with Crippen LogP contribution in [0.2, 0.25) is 0 Å². The van der Waals surface area contributed by atoms with Crippen LogP contribution in [0.4, 0.5) is 11.4 Å². The van der Waals surface area contributed by atoms with E-state index in [1.165, 1.54) is 0 Å². The number of hydrogen-bond acceptors (Lipinski definition) is 8. The van der Waals surface area contributed by atoms with E-state index in [2.05, 4.69) is 22.9 Å². The summed E-state index contributed by atoms with van der Waals surface area (Å²) < 4.78 is 41.0. The Kier molecular flexibility index (Phi) is 6.96. The second-order valence-electron chi connectivity index (χ2n) is 9.58. The molecule has 0 radical (unpaired) electrons. The number of carbonyl (C=O) groups is 1. The van der Waals surface area contributed by atoms with E-state index in [0.717, 1.165) is 41.3 Å². The van der Waals surface area contributed by atoms with Crippen LogP contribution in [0.3, 0.4) is 0 Å². The molecule has 0 bridgehead atoms. The third-order valence-corrected chi connectivity index (χ3v) is 8.97. The van der Waals surface area contributed by atoms with Gasteiger partial charge in [-0.3, -0.25) is 4.79 Å². The van der Waals surface area contributed by atoms with Crippen molar-refractivity contribution in [3.8, 4) is 17.4 Å². The highest BCUT2D eigenvalue weighted by Crippen LogP contribution is 2.40. The molecule has 0 saturated carbocycles. The number of aromatic nitrogens is 1. The maximum absolute atomic E-state index is 12.9. The lowest BCUT2D eigenvalue weighted by Crippen LogP contribution is -2.39. The van der Waals surface area contributed by atoms with E-state index in [4.69, 9.17) is 14.2 Å². The van der Waals surface area contributed by atoms with E-state index in [1.807, 2.05) is 29.3 Å². The second kappa shape index (κ2) is 10.2. The van der Waals surface area contributed by atoms with Crippen LogP contribution < -0.4 is 19.1 Å². The van der Waals surface area contributed by atoms with Crippen LogP contribution >= 0.6 is 0 Å². The van der Waals surface area contributed by atoms with Gasteiger partial charge in [-0.05, 0) is 37.5 Å². The van der Waals surface area contributed by atoms with Gasteiger partial charge in [-0.2, -0.15) is 0 Å². The van der Waals surface area contributed by atoms with Gasteiger partial charge in [-0.1, -0.05) is 6.92 Å². The molecule has 1 aromatic heterocycles. The molecule has 0 unspecified atom stereocenters. The SMILES string of the molecule is CCc1cc(N2CCOc3ccc(O[C@H]4CCN(C(=O)C5CCS(=O)(=O)CC5)C4)cc32)cnc1OC. The standard InChI is InChI=1S/C26H33N3O6S/c1-3-18-14-20(16-27-25(18)33-2)29-10-11-34-24-5-4-21(15-23(24)29)35-22-6-9-28(17-22)26(30)19-7-12-36(31,32)13-8-19/h4-5,14-16,19,22H,3,6-13,17H2,1-2H3/t22-/m0/s1. The average molecular weight is 516 g/mol. The minimum Gasteiger partial charge on any atom is -0.490 e. The fraction of sp³-hybridized carbons (Fsp3) is 0.538. The minimum absolute atomic E-state index is 0.0553. The Labute approximate surface area is 212 Å². The van der Waals surface area contributed by atoms with Gasteiger partial charge >= 0.3 is 0 Å². The fourth-order valence-corrected chi connectivity index (χ4v) is 6.71. The van der Waals surface area contributed by atoms with Crippen molar-refractivity contribution in [1.82, 2.24) is 9.88 Å². The lowest BCUT2D eigenvalue weighted by molar-refractivity contribution is -0.135. The number of pyridine rings is 1. The molecule has 2 saturated heterocycles. The molecule has 9 nitrogen and oxygen atoms in total. The topological polar surface area (TPSA) is 98.3 Å². The number of sulfone groups is 1. The number of fused-ring (bicyclic) bond motifs is 1. The number of methoxy groups -OCH3 is 1. The van der Waals surface area contributed by atoms with Crippen molar-refractivity contribution in [3.05, 3.63) is 36.0 Å². The summed E-state index contributed by atoms with van der Waals surface area (Å²) in [6.07, 6.45) is 4.12. The molecule has 2 aromatic rings. The molecule has 5 rings (SSSR count). The predicted molar refractivity (Wildman–Crippen MR) is 136 cm³/mol. The van der Waals surface area contributed by atoms with E-state index >= 15 is 0 Å². The molecule has 0 spiro atoms. The average Bonchev–Trinajstić information content (AvgIpc) is 3.36. The van der Waals surface area contributed by atoms with E-state index < -0.39 is 9.84 Å². The summed E-state index contributed by atoms with van der Waals surface area (Å²) in [7, 11) is -1.35. The van der Waals surface area contributed by atoms with Crippen LogP contribution in [0.1, 0.15) is 31.7 Å². The van der Waals surface area contributed by atoms with Crippen molar-refractivity contribution in [1.29, 1.82) is 0 Å². The van der Waals surface area contributed by atoms with E-state index in [0.29, 0.717) is 45.0 Å². The number of rotatable bonds is 6. The van der Waals surface area contributed by atoms with Gasteiger partial charge in [0.2, 0.25) is 11.8 Å². The molecule has 1 aromatic carbocycles. The van der Waals surface area contributed by atoms with Crippen molar-refractivity contribution in [2.45, 2.75) is 38.7 Å². The van der Waals surface area contributed by atoms with Crippen molar-refractivity contribution >= 4 is 27.1 Å². The number of carbonyl (C=O) groups excluding carboxylic acids is 1. The molecule has 0 N–H and O–H groups in total. The zero-order valence-corrected chi connectivity index (χ0v) is 21.6. The largest absolute Gasteiger partial charge is 0.490 e. The van der Waals surface area contributed by atoms with Gasteiger partial charge in [-0.25, -0.2) is 13.4 Å². The third-order valence-electron chi connectivity index (χ3n) is 7.25. The highest BCUT2D eigenvalue weighted by molar-refractivity contribution is 7.91. The number of likely N-dealkylation sites (tertiary alicyclic amines) is 1. The highest BCUT2D eigenvalue weighted by Gasteiger charge is 2.35. The number of anilines is 2. The van der Waals surface area contributed by atoms with Crippen LogP contribution in [0.5, 0.6) is 17.4 Å². The summed E-state index contributed by atoms with van der Waals surface area (Å²) in [5.41, 5.74) is 2.94. The molecule has 10 heteroatoms. The number of ether oxygens (including phenoxy) is 3. The van der Waals surface area contributed by atoms with Gasteiger partial charge in [0.15, 0.2) is 0 Å². The molecule has 4 heterocycles. The van der Waals surface area contributed by atoms with Crippen molar-refractivity contribution in [3.63, 3.8) is 0 Å². The first-order chi connectivity index (χ1) is 17.4. The maximum atomic E-state index is 12.9.